The zero-order valence-corrected chi connectivity index (χ0v) is 14.3. The molecule has 0 amide bonds. The second-order valence-electron chi connectivity index (χ2n) is 4.60. The number of hydrogen-bond donors (Lipinski definition) is 1. The summed E-state index contributed by atoms with van der Waals surface area (Å²) in [4.78, 5) is 0. The minimum Gasteiger partial charge on any atom is -0.306 e. The van der Waals surface area contributed by atoms with Gasteiger partial charge in [-0.3, -0.25) is 0 Å². The lowest BCUT2D eigenvalue weighted by atomic mass is 10.0. The first-order valence-corrected chi connectivity index (χ1v) is 8.08. The maximum absolute atomic E-state index is 6.28. The zero-order valence-electron chi connectivity index (χ0n) is 11.2. The van der Waals surface area contributed by atoms with Crippen molar-refractivity contribution in [2.24, 2.45) is 0 Å². The fraction of sp³-hybridized carbons (Fsp3) is 0.250. The molecule has 0 aliphatic rings. The van der Waals surface area contributed by atoms with Crippen LogP contribution in [0.5, 0.6) is 0 Å². The molecule has 4 heteroatoms. The second kappa shape index (κ2) is 7.46. The molecule has 0 saturated carbocycles. The molecule has 20 heavy (non-hydrogen) atoms. The molecular weight excluding hydrogens is 357 g/mol. The summed E-state index contributed by atoms with van der Waals surface area (Å²) in [6, 6.07) is 14.1. The van der Waals surface area contributed by atoms with E-state index >= 15 is 0 Å². The average molecular weight is 373 g/mol. The topological polar surface area (TPSA) is 12.0 Å². The van der Waals surface area contributed by atoms with Crippen molar-refractivity contribution in [2.75, 3.05) is 0 Å². The summed E-state index contributed by atoms with van der Waals surface area (Å²) in [5, 5.41) is 4.92. The highest BCUT2D eigenvalue weighted by molar-refractivity contribution is 9.10. The van der Waals surface area contributed by atoms with Crippen LogP contribution < -0.4 is 5.32 Å². The zero-order chi connectivity index (χ0) is 14.5. The van der Waals surface area contributed by atoms with Crippen LogP contribution in [0.4, 0.5) is 0 Å². The van der Waals surface area contributed by atoms with Crippen LogP contribution in [0.15, 0.2) is 46.9 Å². The molecule has 2 aromatic carbocycles. The Kier molecular flexibility index (Phi) is 5.91. The van der Waals surface area contributed by atoms with E-state index in [9.17, 15) is 0 Å². The van der Waals surface area contributed by atoms with Gasteiger partial charge in [-0.25, -0.2) is 0 Å². The van der Waals surface area contributed by atoms with Crippen molar-refractivity contribution in [3.8, 4) is 0 Å². The first-order chi connectivity index (χ1) is 9.61. The number of halogens is 3. The van der Waals surface area contributed by atoms with Crippen LogP contribution in [0.2, 0.25) is 10.0 Å². The van der Waals surface area contributed by atoms with Crippen molar-refractivity contribution in [3.63, 3.8) is 0 Å². The Labute approximate surface area is 138 Å². The van der Waals surface area contributed by atoms with Gasteiger partial charge in [0.15, 0.2) is 0 Å². The molecule has 0 bridgehead atoms. The molecule has 0 aromatic heterocycles. The Hall–Kier alpha value is -0.540. The van der Waals surface area contributed by atoms with Crippen LogP contribution in [-0.4, -0.2) is 0 Å². The van der Waals surface area contributed by atoms with E-state index in [0.717, 1.165) is 23.0 Å². The number of hydrogen-bond acceptors (Lipinski definition) is 1. The lowest BCUT2D eigenvalue weighted by Crippen LogP contribution is -2.20. The standard InChI is InChI=1S/C16H16BrCl2N/c1-2-16(13-8-7-12(18)9-15(13)19)20-10-11-5-3-4-6-14(11)17/h3-9,16,20H,2,10H2,1H3. The molecule has 0 aliphatic heterocycles. The average Bonchev–Trinajstić information content (AvgIpc) is 2.43. The van der Waals surface area contributed by atoms with Crippen molar-refractivity contribution in [2.45, 2.75) is 25.9 Å². The molecule has 2 rings (SSSR count). The SMILES string of the molecule is CCC(NCc1ccccc1Br)c1ccc(Cl)cc1Cl. The van der Waals surface area contributed by atoms with Crippen molar-refractivity contribution >= 4 is 39.1 Å². The quantitative estimate of drug-likeness (QED) is 0.678. The molecule has 0 aliphatic carbocycles. The summed E-state index contributed by atoms with van der Waals surface area (Å²) in [6.45, 7) is 2.93. The van der Waals surface area contributed by atoms with Crippen molar-refractivity contribution < 1.29 is 0 Å². The lowest BCUT2D eigenvalue weighted by Gasteiger charge is -2.19. The van der Waals surface area contributed by atoms with Crippen LogP contribution in [-0.2, 0) is 6.54 Å². The second-order valence-corrected chi connectivity index (χ2v) is 6.30. The van der Waals surface area contributed by atoms with Crippen LogP contribution in [0, 0.1) is 0 Å². The summed E-state index contributed by atoms with van der Waals surface area (Å²) < 4.78 is 1.12. The van der Waals surface area contributed by atoms with Gasteiger partial charge in [-0.05, 0) is 35.7 Å². The first kappa shape index (κ1) is 15.8. The predicted molar refractivity (Wildman–Crippen MR) is 90.5 cm³/mol. The fourth-order valence-electron chi connectivity index (χ4n) is 2.13. The van der Waals surface area contributed by atoms with Gasteiger partial charge in [0.05, 0.1) is 0 Å². The van der Waals surface area contributed by atoms with E-state index in [-0.39, 0.29) is 6.04 Å². The maximum atomic E-state index is 6.28. The number of rotatable bonds is 5. The molecular formula is C16H16BrCl2N. The highest BCUT2D eigenvalue weighted by atomic mass is 79.9. The van der Waals surface area contributed by atoms with Gasteiger partial charge in [0.1, 0.15) is 0 Å². The highest BCUT2D eigenvalue weighted by Gasteiger charge is 2.13. The van der Waals surface area contributed by atoms with Gasteiger partial charge in [0.25, 0.3) is 0 Å². The predicted octanol–water partition coefficient (Wildman–Crippen LogP) is 6.00. The van der Waals surface area contributed by atoms with E-state index in [1.807, 2.05) is 30.3 Å². The summed E-state index contributed by atoms with van der Waals surface area (Å²) in [7, 11) is 0. The van der Waals surface area contributed by atoms with Gasteiger partial charge in [-0.15, -0.1) is 0 Å². The monoisotopic (exact) mass is 371 g/mol. The molecule has 1 N–H and O–H groups in total. The van der Waals surface area contributed by atoms with Gasteiger partial charge in [0.2, 0.25) is 0 Å². The molecule has 2 aromatic rings. The number of nitrogens with one attached hydrogen (secondary N) is 1. The Bertz CT molecular complexity index is 586. The normalized spacial score (nSPS) is 12.4. The van der Waals surface area contributed by atoms with Gasteiger partial charge < -0.3 is 5.32 Å². The molecule has 0 saturated heterocycles. The van der Waals surface area contributed by atoms with E-state index in [4.69, 9.17) is 23.2 Å². The van der Waals surface area contributed by atoms with Crippen molar-refractivity contribution in [1.82, 2.24) is 5.32 Å². The van der Waals surface area contributed by atoms with E-state index in [1.54, 1.807) is 6.07 Å². The molecule has 106 valence electrons. The fourth-order valence-corrected chi connectivity index (χ4v) is 3.10. The summed E-state index contributed by atoms with van der Waals surface area (Å²) in [5.74, 6) is 0. The largest absolute Gasteiger partial charge is 0.306 e. The maximum Gasteiger partial charge on any atom is 0.0468 e. The number of benzene rings is 2. The molecule has 1 unspecified atom stereocenters. The van der Waals surface area contributed by atoms with Gasteiger partial charge >= 0.3 is 0 Å². The third-order valence-electron chi connectivity index (χ3n) is 3.24. The summed E-state index contributed by atoms with van der Waals surface area (Å²) in [5.41, 5.74) is 2.32. The summed E-state index contributed by atoms with van der Waals surface area (Å²) in [6.07, 6.45) is 0.964. The molecule has 0 fully saturated rings. The Balaban J connectivity index is 2.11. The molecule has 1 atom stereocenters. The van der Waals surface area contributed by atoms with Crippen molar-refractivity contribution in [3.05, 3.63) is 68.1 Å². The minimum atomic E-state index is 0.215. The first-order valence-electron chi connectivity index (χ1n) is 6.53. The highest BCUT2D eigenvalue weighted by Crippen LogP contribution is 2.28. The Morgan fingerprint density at radius 3 is 2.55 bits per heavy atom. The van der Waals surface area contributed by atoms with Gasteiger partial charge in [-0.1, -0.05) is 70.3 Å². The van der Waals surface area contributed by atoms with Crippen LogP contribution in [0.25, 0.3) is 0 Å². The van der Waals surface area contributed by atoms with Gasteiger partial charge in [0, 0.05) is 27.1 Å². The van der Waals surface area contributed by atoms with Crippen LogP contribution in [0.1, 0.15) is 30.5 Å². The third kappa shape index (κ3) is 3.98. The lowest BCUT2D eigenvalue weighted by molar-refractivity contribution is 0.518. The van der Waals surface area contributed by atoms with Crippen molar-refractivity contribution in [1.29, 1.82) is 0 Å². The molecule has 0 heterocycles. The van der Waals surface area contributed by atoms with E-state index < -0.39 is 0 Å². The van der Waals surface area contributed by atoms with Crippen LogP contribution >= 0.6 is 39.1 Å². The Morgan fingerprint density at radius 2 is 1.90 bits per heavy atom. The minimum absolute atomic E-state index is 0.215. The smallest absolute Gasteiger partial charge is 0.0468 e. The van der Waals surface area contributed by atoms with Crippen LogP contribution in [0.3, 0.4) is 0 Å². The molecule has 0 radical (unpaired) electrons. The Morgan fingerprint density at radius 1 is 1.15 bits per heavy atom. The van der Waals surface area contributed by atoms with E-state index in [1.165, 1.54) is 5.56 Å². The third-order valence-corrected chi connectivity index (χ3v) is 4.58. The van der Waals surface area contributed by atoms with E-state index in [2.05, 4.69) is 34.2 Å². The van der Waals surface area contributed by atoms with E-state index in [0.29, 0.717) is 10.0 Å². The van der Waals surface area contributed by atoms with Gasteiger partial charge in [-0.2, -0.15) is 0 Å². The summed E-state index contributed by atoms with van der Waals surface area (Å²) >= 11 is 15.8. The molecule has 1 nitrogen and oxygen atoms in total. The molecule has 0 spiro atoms.